The molecule has 9 heteroatoms. The Bertz CT molecular complexity index is 1100. The number of para-hydroxylation sites is 1. The highest BCUT2D eigenvalue weighted by molar-refractivity contribution is 6.33. The van der Waals surface area contributed by atoms with Crippen LogP contribution in [0.25, 0.3) is 22.2 Å². The van der Waals surface area contributed by atoms with E-state index in [-0.39, 0.29) is 18.6 Å². The highest BCUT2D eigenvalue weighted by Crippen LogP contribution is 2.32. The fourth-order valence-corrected chi connectivity index (χ4v) is 4.63. The second-order valence-corrected chi connectivity index (χ2v) is 9.14. The second-order valence-electron chi connectivity index (χ2n) is 8.74. The van der Waals surface area contributed by atoms with Crippen molar-refractivity contribution in [1.29, 1.82) is 0 Å². The molecular formula is C25H33ClN6O2. The third-order valence-electron chi connectivity index (χ3n) is 6.46. The van der Waals surface area contributed by atoms with E-state index in [2.05, 4.69) is 27.1 Å². The zero-order valence-electron chi connectivity index (χ0n) is 19.6. The second kappa shape index (κ2) is 11.6. The molecule has 3 N–H and O–H groups in total. The van der Waals surface area contributed by atoms with Gasteiger partial charge in [0.1, 0.15) is 0 Å². The normalized spacial score (nSPS) is 14.8. The first-order chi connectivity index (χ1) is 16.6. The number of anilines is 1. The maximum absolute atomic E-state index is 12.8. The number of nitrogens with one attached hydrogen (secondary N) is 2. The molecule has 3 heterocycles. The van der Waals surface area contributed by atoms with Gasteiger partial charge < -0.3 is 20.3 Å². The summed E-state index contributed by atoms with van der Waals surface area (Å²) in [7, 11) is 0. The van der Waals surface area contributed by atoms with E-state index in [0.29, 0.717) is 36.3 Å². The van der Waals surface area contributed by atoms with E-state index in [1.165, 1.54) is 0 Å². The Morgan fingerprint density at radius 1 is 1.29 bits per heavy atom. The first kappa shape index (κ1) is 24.4. The molecule has 0 bridgehead atoms. The minimum absolute atomic E-state index is 0.175. The van der Waals surface area contributed by atoms with Crippen molar-refractivity contribution in [3.8, 4) is 11.3 Å². The van der Waals surface area contributed by atoms with Crippen molar-refractivity contribution in [2.75, 3.05) is 44.6 Å². The van der Waals surface area contributed by atoms with Gasteiger partial charge in [-0.05, 0) is 44.8 Å². The third kappa shape index (κ3) is 5.87. The number of aliphatic hydroxyl groups excluding tert-OH is 1. The minimum atomic E-state index is 0.175. The Kier molecular flexibility index (Phi) is 8.37. The summed E-state index contributed by atoms with van der Waals surface area (Å²) in [6.07, 6.45) is 6.94. The first-order valence-corrected chi connectivity index (χ1v) is 12.4. The van der Waals surface area contributed by atoms with Crippen LogP contribution in [-0.2, 0) is 4.79 Å². The maximum Gasteiger partial charge on any atom is 0.236 e. The predicted octanol–water partition coefficient (Wildman–Crippen LogP) is 3.78. The number of benzene rings is 1. The van der Waals surface area contributed by atoms with E-state index < -0.39 is 0 Å². The standard InChI is InChI=1S/C25H33ClN6O2/c1-2-31(11-5-6-14-33)17-23(34)32-12-9-18(10-13-32)29-25-28-16-21(26)24(30-25)20-15-27-22-8-4-3-7-19(20)22/h3-4,7-8,15-16,18,27,33H,2,5-6,9-14,17H2,1H3,(H,28,29,30). The number of H-pyrrole nitrogens is 1. The summed E-state index contributed by atoms with van der Waals surface area (Å²) in [5.41, 5.74) is 2.68. The number of aliphatic hydroxyl groups is 1. The number of likely N-dealkylation sites (N-methyl/N-ethyl adjacent to an activating group) is 1. The molecule has 1 aliphatic heterocycles. The molecule has 2 aromatic heterocycles. The summed E-state index contributed by atoms with van der Waals surface area (Å²) in [4.78, 5) is 29.2. The van der Waals surface area contributed by atoms with Gasteiger partial charge in [-0.3, -0.25) is 9.69 Å². The van der Waals surface area contributed by atoms with Gasteiger partial charge in [-0.1, -0.05) is 36.7 Å². The summed E-state index contributed by atoms with van der Waals surface area (Å²) < 4.78 is 0. The first-order valence-electron chi connectivity index (χ1n) is 12.1. The summed E-state index contributed by atoms with van der Waals surface area (Å²) in [6.45, 7) is 5.82. The predicted molar refractivity (Wildman–Crippen MR) is 136 cm³/mol. The van der Waals surface area contributed by atoms with Gasteiger partial charge in [0.2, 0.25) is 11.9 Å². The van der Waals surface area contributed by atoms with Crippen molar-refractivity contribution in [3.63, 3.8) is 0 Å². The largest absolute Gasteiger partial charge is 0.396 e. The SMILES string of the molecule is CCN(CCCCO)CC(=O)N1CCC(Nc2ncc(Cl)c(-c3c[nH]c4ccccc34)n2)CC1. The lowest BCUT2D eigenvalue weighted by molar-refractivity contribution is -0.133. The number of carbonyl (C=O) groups excluding carboxylic acids is 1. The molecule has 3 aromatic rings. The van der Waals surface area contributed by atoms with Gasteiger partial charge in [0.05, 0.1) is 23.5 Å². The lowest BCUT2D eigenvalue weighted by atomic mass is 10.1. The Balaban J connectivity index is 1.34. The van der Waals surface area contributed by atoms with Crippen LogP contribution in [0.4, 0.5) is 5.95 Å². The van der Waals surface area contributed by atoms with Gasteiger partial charge in [-0.15, -0.1) is 0 Å². The van der Waals surface area contributed by atoms with Crippen molar-refractivity contribution in [3.05, 3.63) is 41.7 Å². The van der Waals surface area contributed by atoms with E-state index in [9.17, 15) is 4.79 Å². The Labute approximate surface area is 205 Å². The number of likely N-dealkylation sites (tertiary alicyclic amines) is 1. The molecule has 1 aliphatic rings. The molecule has 0 atom stereocenters. The third-order valence-corrected chi connectivity index (χ3v) is 6.73. The van der Waals surface area contributed by atoms with E-state index >= 15 is 0 Å². The van der Waals surface area contributed by atoms with Gasteiger partial charge in [0.25, 0.3) is 0 Å². The van der Waals surface area contributed by atoms with Crippen molar-refractivity contribution in [2.45, 2.75) is 38.6 Å². The molecule has 0 unspecified atom stereocenters. The molecular weight excluding hydrogens is 452 g/mol. The number of rotatable bonds is 10. The fraction of sp³-hybridized carbons (Fsp3) is 0.480. The molecule has 1 amide bonds. The highest BCUT2D eigenvalue weighted by atomic mass is 35.5. The number of fused-ring (bicyclic) bond motifs is 1. The van der Waals surface area contributed by atoms with Crippen LogP contribution >= 0.6 is 11.6 Å². The summed E-state index contributed by atoms with van der Waals surface area (Å²) in [5, 5.41) is 14.0. The maximum atomic E-state index is 12.8. The summed E-state index contributed by atoms with van der Waals surface area (Å²) >= 11 is 6.45. The molecule has 34 heavy (non-hydrogen) atoms. The molecule has 1 aromatic carbocycles. The van der Waals surface area contributed by atoms with Crippen LogP contribution in [0.3, 0.4) is 0 Å². The molecule has 182 valence electrons. The number of hydrogen-bond acceptors (Lipinski definition) is 6. The van der Waals surface area contributed by atoms with E-state index in [0.717, 1.165) is 55.2 Å². The molecule has 4 rings (SSSR count). The number of piperidine rings is 1. The van der Waals surface area contributed by atoms with Crippen LogP contribution in [0.5, 0.6) is 0 Å². The molecule has 0 saturated carbocycles. The van der Waals surface area contributed by atoms with Gasteiger partial charge in [-0.25, -0.2) is 9.97 Å². The Morgan fingerprint density at radius 3 is 2.85 bits per heavy atom. The molecule has 1 fully saturated rings. The van der Waals surface area contributed by atoms with E-state index in [4.69, 9.17) is 21.7 Å². The van der Waals surface area contributed by atoms with Crippen molar-refractivity contribution in [2.24, 2.45) is 0 Å². The lowest BCUT2D eigenvalue weighted by Gasteiger charge is -2.33. The van der Waals surface area contributed by atoms with Gasteiger partial charge >= 0.3 is 0 Å². The Morgan fingerprint density at radius 2 is 2.09 bits per heavy atom. The van der Waals surface area contributed by atoms with E-state index in [1.807, 2.05) is 35.4 Å². The van der Waals surface area contributed by atoms with Crippen LogP contribution in [0, 0.1) is 0 Å². The number of carbonyl (C=O) groups is 1. The number of nitrogens with zero attached hydrogens (tertiary/aromatic N) is 4. The summed E-state index contributed by atoms with van der Waals surface area (Å²) in [5.74, 6) is 0.726. The number of aromatic nitrogens is 3. The molecule has 0 aliphatic carbocycles. The van der Waals surface area contributed by atoms with Crippen molar-refractivity contribution in [1.82, 2.24) is 24.8 Å². The van der Waals surface area contributed by atoms with Crippen LogP contribution in [0.15, 0.2) is 36.7 Å². The van der Waals surface area contributed by atoms with Crippen molar-refractivity contribution < 1.29 is 9.90 Å². The molecule has 0 radical (unpaired) electrons. The van der Waals surface area contributed by atoms with Gasteiger partial charge in [0.15, 0.2) is 0 Å². The van der Waals surface area contributed by atoms with Gasteiger partial charge in [-0.2, -0.15) is 0 Å². The average Bonchev–Trinajstić information content (AvgIpc) is 3.29. The lowest BCUT2D eigenvalue weighted by Crippen LogP contribution is -2.46. The van der Waals surface area contributed by atoms with Crippen molar-refractivity contribution >= 4 is 34.4 Å². The van der Waals surface area contributed by atoms with Gasteiger partial charge in [0, 0.05) is 48.4 Å². The number of amides is 1. The number of hydrogen-bond donors (Lipinski definition) is 3. The van der Waals surface area contributed by atoms with E-state index in [1.54, 1.807) is 6.20 Å². The molecule has 8 nitrogen and oxygen atoms in total. The average molecular weight is 485 g/mol. The smallest absolute Gasteiger partial charge is 0.236 e. The number of halogens is 1. The Hall–Kier alpha value is -2.68. The van der Waals surface area contributed by atoms with Crippen LogP contribution < -0.4 is 5.32 Å². The number of aromatic amines is 1. The van der Waals surface area contributed by atoms with Crippen LogP contribution in [0.2, 0.25) is 5.02 Å². The quantitative estimate of drug-likeness (QED) is 0.379. The fourth-order valence-electron chi connectivity index (χ4n) is 4.44. The highest BCUT2D eigenvalue weighted by Gasteiger charge is 2.24. The number of unbranched alkanes of at least 4 members (excludes halogenated alkanes) is 1. The topological polar surface area (TPSA) is 97.4 Å². The monoisotopic (exact) mass is 484 g/mol. The van der Waals surface area contributed by atoms with Crippen LogP contribution in [0.1, 0.15) is 32.6 Å². The minimum Gasteiger partial charge on any atom is -0.396 e. The zero-order chi connectivity index (χ0) is 23.9. The zero-order valence-corrected chi connectivity index (χ0v) is 20.4. The summed E-state index contributed by atoms with van der Waals surface area (Å²) in [6, 6.07) is 8.26. The van der Waals surface area contributed by atoms with Crippen LogP contribution in [-0.4, -0.2) is 81.1 Å². The molecule has 1 saturated heterocycles. The molecule has 0 spiro atoms.